The van der Waals surface area contributed by atoms with Crippen molar-refractivity contribution in [1.29, 1.82) is 0 Å². The summed E-state index contributed by atoms with van der Waals surface area (Å²) >= 11 is 0. The molecule has 0 atom stereocenters. The van der Waals surface area contributed by atoms with Gasteiger partial charge in [0.25, 0.3) is 0 Å². The summed E-state index contributed by atoms with van der Waals surface area (Å²) in [6, 6.07) is -0.0130. The van der Waals surface area contributed by atoms with Crippen molar-refractivity contribution < 1.29 is 14.7 Å². The fraction of sp³-hybridized carbons (Fsp3) is 0.455. The molecule has 1 saturated heterocycles. The number of nitrogens with zero attached hydrogens (tertiary/aromatic N) is 7. The molecule has 0 aromatic carbocycles. The topological polar surface area (TPSA) is 119 Å². The van der Waals surface area contributed by atoms with Gasteiger partial charge >= 0.3 is 5.97 Å². The lowest BCUT2D eigenvalue weighted by Crippen LogP contribution is -2.51. The van der Waals surface area contributed by atoms with Crippen LogP contribution in [0.15, 0.2) is 18.6 Å². The molecule has 2 aromatic heterocycles. The van der Waals surface area contributed by atoms with E-state index in [-0.39, 0.29) is 17.6 Å². The van der Waals surface area contributed by atoms with Gasteiger partial charge in [0.2, 0.25) is 5.91 Å². The normalized spacial score (nSPS) is 15.0. The highest BCUT2D eigenvalue weighted by molar-refractivity contribution is 5.84. The summed E-state index contributed by atoms with van der Waals surface area (Å²) < 4.78 is 3.09. The van der Waals surface area contributed by atoms with E-state index in [1.165, 1.54) is 10.9 Å². The maximum atomic E-state index is 11.9. The van der Waals surface area contributed by atoms with E-state index in [9.17, 15) is 9.59 Å². The summed E-state index contributed by atoms with van der Waals surface area (Å²) in [5.41, 5.74) is -0.0917. The first-order valence-electron chi connectivity index (χ1n) is 6.40. The lowest BCUT2D eigenvalue weighted by Gasteiger charge is -2.38. The van der Waals surface area contributed by atoms with Crippen molar-refractivity contribution in [3.63, 3.8) is 0 Å². The summed E-state index contributed by atoms with van der Waals surface area (Å²) in [5.74, 6) is -1.08. The molecule has 3 heterocycles. The number of amides is 1. The average molecular weight is 291 g/mol. The number of carboxylic acid groups (broad SMARTS) is 1. The molecule has 1 fully saturated rings. The van der Waals surface area contributed by atoms with Crippen LogP contribution in [0.2, 0.25) is 0 Å². The van der Waals surface area contributed by atoms with Gasteiger partial charge in [-0.1, -0.05) is 10.4 Å². The molecular weight excluding hydrogens is 278 g/mol. The first-order chi connectivity index (χ1) is 10.1. The van der Waals surface area contributed by atoms with Crippen molar-refractivity contribution in [2.45, 2.75) is 19.0 Å². The minimum absolute atomic E-state index is 0.0130. The van der Waals surface area contributed by atoms with Crippen LogP contribution in [-0.4, -0.2) is 65.0 Å². The smallest absolute Gasteiger partial charge is 0.358 e. The zero-order valence-corrected chi connectivity index (χ0v) is 11.0. The van der Waals surface area contributed by atoms with Crippen LogP contribution in [0.1, 0.15) is 23.0 Å². The molecule has 1 amide bonds. The molecule has 2 aromatic rings. The van der Waals surface area contributed by atoms with Gasteiger partial charge in [-0.25, -0.2) is 9.48 Å². The molecule has 0 bridgehead atoms. The fourth-order valence-electron chi connectivity index (χ4n) is 2.10. The number of carboxylic acids is 1. The van der Waals surface area contributed by atoms with Crippen LogP contribution >= 0.6 is 0 Å². The Morgan fingerprint density at radius 2 is 2.14 bits per heavy atom. The number of hydrogen-bond acceptors (Lipinski definition) is 6. The molecule has 110 valence electrons. The van der Waals surface area contributed by atoms with Crippen LogP contribution in [0.5, 0.6) is 0 Å². The number of aromatic nitrogens is 6. The van der Waals surface area contributed by atoms with Crippen LogP contribution in [0, 0.1) is 0 Å². The third-order valence-corrected chi connectivity index (χ3v) is 3.35. The summed E-state index contributed by atoms with van der Waals surface area (Å²) in [6.07, 6.45) is 5.00. The van der Waals surface area contributed by atoms with Crippen LogP contribution in [0.4, 0.5) is 0 Å². The second-order valence-electron chi connectivity index (χ2n) is 4.76. The fourth-order valence-corrected chi connectivity index (χ4v) is 2.10. The van der Waals surface area contributed by atoms with Crippen molar-refractivity contribution >= 4 is 11.9 Å². The van der Waals surface area contributed by atoms with Crippen LogP contribution in [0.3, 0.4) is 0 Å². The Balaban J connectivity index is 1.48. The first-order valence-corrected chi connectivity index (χ1v) is 6.40. The van der Waals surface area contributed by atoms with E-state index in [4.69, 9.17) is 5.11 Å². The zero-order valence-electron chi connectivity index (χ0n) is 11.0. The standard InChI is InChI=1S/C11H13N7O3/c19-10(1-3-17-4-2-12-14-17)16-5-8(6-16)18-7-9(11(20)21)13-15-18/h2,4,7-8H,1,3,5-6H2,(H,20,21). The highest BCUT2D eigenvalue weighted by Crippen LogP contribution is 2.21. The predicted octanol–water partition coefficient (Wildman–Crippen LogP) is -0.959. The van der Waals surface area contributed by atoms with E-state index in [0.717, 1.165) is 0 Å². The minimum atomic E-state index is -1.11. The van der Waals surface area contributed by atoms with E-state index in [1.54, 1.807) is 22.0 Å². The van der Waals surface area contributed by atoms with Crippen LogP contribution < -0.4 is 0 Å². The number of aromatic carboxylic acids is 1. The Bertz CT molecular complexity index is 645. The molecule has 10 heteroatoms. The summed E-state index contributed by atoms with van der Waals surface area (Å²) in [7, 11) is 0. The lowest BCUT2D eigenvalue weighted by molar-refractivity contribution is -0.137. The van der Waals surface area contributed by atoms with Gasteiger partial charge in [-0.3, -0.25) is 9.48 Å². The van der Waals surface area contributed by atoms with Gasteiger partial charge in [-0.05, 0) is 0 Å². The maximum absolute atomic E-state index is 11.9. The number of rotatable bonds is 5. The summed E-state index contributed by atoms with van der Waals surface area (Å²) in [6.45, 7) is 1.52. The number of likely N-dealkylation sites (tertiary alicyclic amines) is 1. The number of carbonyl (C=O) groups is 2. The number of aryl methyl sites for hydroxylation is 1. The summed E-state index contributed by atoms with van der Waals surface area (Å²) in [4.78, 5) is 24.4. The van der Waals surface area contributed by atoms with Gasteiger partial charge in [-0.2, -0.15) is 0 Å². The van der Waals surface area contributed by atoms with Gasteiger partial charge in [0.15, 0.2) is 5.69 Å². The van der Waals surface area contributed by atoms with E-state index < -0.39 is 5.97 Å². The highest BCUT2D eigenvalue weighted by atomic mass is 16.4. The molecular formula is C11H13N7O3. The molecule has 1 aliphatic rings. The third-order valence-electron chi connectivity index (χ3n) is 3.35. The first kappa shape index (κ1) is 13.2. The second-order valence-corrected chi connectivity index (χ2v) is 4.76. The lowest BCUT2D eigenvalue weighted by atomic mass is 10.1. The largest absolute Gasteiger partial charge is 0.476 e. The molecule has 1 aliphatic heterocycles. The number of carbonyl (C=O) groups excluding carboxylic acids is 1. The van der Waals surface area contributed by atoms with Gasteiger partial charge < -0.3 is 10.0 Å². The van der Waals surface area contributed by atoms with Gasteiger partial charge in [0, 0.05) is 25.7 Å². The Kier molecular flexibility index (Phi) is 3.34. The van der Waals surface area contributed by atoms with Gasteiger partial charge in [0.1, 0.15) is 0 Å². The monoisotopic (exact) mass is 291 g/mol. The zero-order chi connectivity index (χ0) is 14.8. The van der Waals surface area contributed by atoms with E-state index in [0.29, 0.717) is 26.1 Å². The van der Waals surface area contributed by atoms with Crippen molar-refractivity contribution in [3.05, 3.63) is 24.3 Å². The van der Waals surface area contributed by atoms with E-state index in [1.807, 2.05) is 0 Å². The van der Waals surface area contributed by atoms with Gasteiger partial charge in [0.05, 0.1) is 25.0 Å². The second kappa shape index (κ2) is 5.31. The molecule has 1 N–H and O–H groups in total. The van der Waals surface area contributed by atoms with Crippen molar-refractivity contribution in [2.75, 3.05) is 13.1 Å². The minimum Gasteiger partial charge on any atom is -0.476 e. The molecule has 3 rings (SSSR count). The number of hydrogen-bond donors (Lipinski definition) is 1. The van der Waals surface area contributed by atoms with Crippen molar-refractivity contribution in [1.82, 2.24) is 34.9 Å². The predicted molar refractivity (Wildman–Crippen MR) is 67.2 cm³/mol. The Labute approximate surface area is 119 Å². The summed E-state index contributed by atoms with van der Waals surface area (Å²) in [5, 5.41) is 23.6. The third kappa shape index (κ3) is 2.73. The molecule has 0 saturated carbocycles. The van der Waals surface area contributed by atoms with E-state index >= 15 is 0 Å². The molecule has 21 heavy (non-hydrogen) atoms. The Morgan fingerprint density at radius 1 is 1.33 bits per heavy atom. The Hall–Kier alpha value is -2.78. The van der Waals surface area contributed by atoms with Crippen molar-refractivity contribution in [3.8, 4) is 0 Å². The SMILES string of the molecule is O=C(O)c1cn(C2CN(C(=O)CCn3ccnn3)C2)nn1. The maximum Gasteiger partial charge on any atom is 0.358 e. The van der Waals surface area contributed by atoms with Gasteiger partial charge in [-0.15, -0.1) is 10.2 Å². The Morgan fingerprint density at radius 3 is 2.76 bits per heavy atom. The molecule has 0 unspecified atom stereocenters. The molecule has 0 radical (unpaired) electrons. The quantitative estimate of drug-likeness (QED) is 0.753. The van der Waals surface area contributed by atoms with Crippen LogP contribution in [0.25, 0.3) is 0 Å². The highest BCUT2D eigenvalue weighted by Gasteiger charge is 2.32. The molecule has 0 spiro atoms. The average Bonchev–Trinajstić information content (AvgIpc) is 3.06. The molecule has 10 nitrogen and oxygen atoms in total. The molecule has 0 aliphatic carbocycles. The van der Waals surface area contributed by atoms with E-state index in [2.05, 4.69) is 20.6 Å². The van der Waals surface area contributed by atoms with Crippen molar-refractivity contribution in [2.24, 2.45) is 0 Å². The van der Waals surface area contributed by atoms with Crippen LogP contribution in [-0.2, 0) is 11.3 Å².